The van der Waals surface area contributed by atoms with Crippen LogP contribution in [0.15, 0.2) is 60.0 Å². The van der Waals surface area contributed by atoms with E-state index in [4.69, 9.17) is 0 Å². The number of benzene rings is 2. The van der Waals surface area contributed by atoms with E-state index < -0.39 is 27.6 Å². The molecule has 1 atom stereocenters. The van der Waals surface area contributed by atoms with Crippen LogP contribution in [-0.2, 0) is 9.84 Å². The Kier molecular flexibility index (Phi) is 4.24. The molecule has 1 aliphatic rings. The highest BCUT2D eigenvalue weighted by molar-refractivity contribution is 7.94. The number of carbonyl (C=O) groups excluding carboxylic acids is 1. The second-order valence-electron chi connectivity index (χ2n) is 5.72. The number of carbonyl (C=O) groups is 1. The van der Waals surface area contributed by atoms with Gasteiger partial charge in [-0.05, 0) is 42.8 Å². The van der Waals surface area contributed by atoms with Crippen LogP contribution < -0.4 is 4.90 Å². The molecule has 1 heterocycles. The molecule has 0 aromatic heterocycles. The van der Waals surface area contributed by atoms with Crippen LogP contribution in [0.3, 0.4) is 0 Å². The van der Waals surface area contributed by atoms with Crippen LogP contribution in [0.1, 0.15) is 15.9 Å². The molecular weight excluding hydrogens is 329 g/mol. The fourth-order valence-corrected chi connectivity index (χ4v) is 3.99. The molecule has 1 amide bonds. The zero-order valence-corrected chi connectivity index (χ0v) is 13.8. The largest absolute Gasteiger partial charge is 0.300 e. The summed E-state index contributed by atoms with van der Waals surface area (Å²) in [4.78, 5) is 14.3. The average molecular weight is 345 g/mol. The molecule has 124 valence electrons. The van der Waals surface area contributed by atoms with E-state index in [1.54, 1.807) is 24.3 Å². The van der Waals surface area contributed by atoms with E-state index in [9.17, 15) is 17.6 Å². The number of rotatable bonds is 3. The molecule has 0 N–H and O–H groups in total. The van der Waals surface area contributed by atoms with Gasteiger partial charge >= 0.3 is 0 Å². The highest BCUT2D eigenvalue weighted by atomic mass is 32.2. The van der Waals surface area contributed by atoms with Crippen molar-refractivity contribution < 1.29 is 17.6 Å². The van der Waals surface area contributed by atoms with Crippen LogP contribution in [0.4, 0.5) is 10.1 Å². The Morgan fingerprint density at radius 1 is 1.17 bits per heavy atom. The van der Waals surface area contributed by atoms with Gasteiger partial charge in [0.2, 0.25) is 0 Å². The molecule has 6 heteroatoms. The minimum atomic E-state index is -3.35. The van der Waals surface area contributed by atoms with Crippen molar-refractivity contribution >= 4 is 21.4 Å². The van der Waals surface area contributed by atoms with Crippen LogP contribution in [-0.4, -0.2) is 26.1 Å². The number of amides is 1. The number of hydrogen-bond donors (Lipinski definition) is 0. The number of nitrogens with zero attached hydrogens (tertiary/aromatic N) is 1. The summed E-state index contributed by atoms with van der Waals surface area (Å²) >= 11 is 0. The van der Waals surface area contributed by atoms with Gasteiger partial charge in [0.15, 0.2) is 9.84 Å². The van der Waals surface area contributed by atoms with E-state index in [1.165, 1.54) is 29.2 Å². The van der Waals surface area contributed by atoms with Crippen LogP contribution in [0, 0.1) is 12.7 Å². The maximum absolute atomic E-state index is 14.1. The highest BCUT2D eigenvalue weighted by Crippen LogP contribution is 2.26. The van der Waals surface area contributed by atoms with E-state index in [0.29, 0.717) is 5.69 Å². The van der Waals surface area contributed by atoms with Crippen molar-refractivity contribution in [2.24, 2.45) is 0 Å². The fourth-order valence-electron chi connectivity index (χ4n) is 2.72. The Morgan fingerprint density at radius 2 is 1.92 bits per heavy atom. The fraction of sp³-hybridized carbons (Fsp3) is 0.167. The van der Waals surface area contributed by atoms with E-state index in [1.807, 2.05) is 13.0 Å². The van der Waals surface area contributed by atoms with Gasteiger partial charge in [-0.1, -0.05) is 24.3 Å². The number of hydrogen-bond acceptors (Lipinski definition) is 3. The second kappa shape index (κ2) is 6.20. The van der Waals surface area contributed by atoms with E-state index in [2.05, 4.69) is 0 Å². The average Bonchev–Trinajstić information content (AvgIpc) is 2.87. The molecule has 0 saturated heterocycles. The first-order chi connectivity index (χ1) is 11.4. The molecule has 24 heavy (non-hydrogen) atoms. The first-order valence-corrected chi connectivity index (χ1v) is 9.15. The summed E-state index contributed by atoms with van der Waals surface area (Å²) in [6.45, 7) is 1.87. The molecule has 0 radical (unpaired) electrons. The summed E-state index contributed by atoms with van der Waals surface area (Å²) in [6.07, 6.45) is 1.47. The molecule has 0 saturated carbocycles. The van der Waals surface area contributed by atoms with Crippen molar-refractivity contribution in [3.63, 3.8) is 0 Å². The maximum atomic E-state index is 14.1. The predicted octanol–water partition coefficient (Wildman–Crippen LogP) is 3.09. The zero-order valence-electron chi connectivity index (χ0n) is 13.0. The predicted molar refractivity (Wildman–Crippen MR) is 91.1 cm³/mol. The minimum Gasteiger partial charge on any atom is -0.300 e. The van der Waals surface area contributed by atoms with Crippen molar-refractivity contribution in [1.82, 2.24) is 0 Å². The SMILES string of the molecule is Cc1cccc(N(C(=O)c2ccccc2F)[C@H]2C=CS(=O)(=O)C2)c1. The van der Waals surface area contributed by atoms with Crippen LogP contribution >= 0.6 is 0 Å². The summed E-state index contributed by atoms with van der Waals surface area (Å²) < 4.78 is 37.6. The van der Waals surface area contributed by atoms with Gasteiger partial charge in [-0.15, -0.1) is 0 Å². The third kappa shape index (κ3) is 3.23. The zero-order chi connectivity index (χ0) is 17.3. The summed E-state index contributed by atoms with van der Waals surface area (Å²) in [5.74, 6) is -1.41. The lowest BCUT2D eigenvalue weighted by Gasteiger charge is -2.28. The van der Waals surface area contributed by atoms with Crippen LogP contribution in [0.25, 0.3) is 0 Å². The molecule has 3 rings (SSSR count). The number of sulfone groups is 1. The second-order valence-corrected chi connectivity index (χ2v) is 7.65. The summed E-state index contributed by atoms with van der Waals surface area (Å²) in [6, 6.07) is 12.2. The summed E-state index contributed by atoms with van der Waals surface area (Å²) in [5, 5.41) is 1.11. The van der Waals surface area contributed by atoms with Crippen LogP contribution in [0.2, 0.25) is 0 Å². The van der Waals surface area contributed by atoms with Gasteiger partial charge in [0.1, 0.15) is 5.82 Å². The number of aryl methyl sites for hydroxylation is 1. The molecule has 0 spiro atoms. The number of halogens is 1. The molecule has 1 aliphatic heterocycles. The van der Waals surface area contributed by atoms with Crippen molar-refractivity contribution in [1.29, 1.82) is 0 Å². The molecule has 0 fully saturated rings. The molecule has 2 aromatic rings. The van der Waals surface area contributed by atoms with E-state index in [0.717, 1.165) is 11.0 Å². The van der Waals surface area contributed by atoms with Crippen molar-refractivity contribution in [3.8, 4) is 0 Å². The molecule has 0 unspecified atom stereocenters. The van der Waals surface area contributed by atoms with Gasteiger partial charge in [-0.25, -0.2) is 12.8 Å². The van der Waals surface area contributed by atoms with Crippen LogP contribution in [0.5, 0.6) is 0 Å². The van der Waals surface area contributed by atoms with Crippen molar-refractivity contribution in [3.05, 3.63) is 77.0 Å². The molecule has 2 aromatic carbocycles. The van der Waals surface area contributed by atoms with Gasteiger partial charge in [-0.3, -0.25) is 4.79 Å². The topological polar surface area (TPSA) is 54.5 Å². The van der Waals surface area contributed by atoms with Crippen molar-refractivity contribution in [2.75, 3.05) is 10.7 Å². The Labute approximate surface area is 140 Å². The molecule has 4 nitrogen and oxygen atoms in total. The standard InChI is InChI=1S/C18H16FNO3S/c1-13-5-4-6-14(11-13)20(15-9-10-24(22,23)12-15)18(21)16-7-2-3-8-17(16)19/h2-11,15H,12H2,1H3/t15-/m0/s1. The highest BCUT2D eigenvalue weighted by Gasteiger charge is 2.32. The third-order valence-electron chi connectivity index (χ3n) is 3.85. The number of anilines is 1. The summed E-state index contributed by atoms with van der Waals surface area (Å²) in [5.41, 5.74) is 1.37. The van der Waals surface area contributed by atoms with Crippen molar-refractivity contribution in [2.45, 2.75) is 13.0 Å². The summed E-state index contributed by atoms with van der Waals surface area (Å²) in [7, 11) is -3.35. The lowest BCUT2D eigenvalue weighted by Crippen LogP contribution is -2.41. The quantitative estimate of drug-likeness (QED) is 0.859. The van der Waals surface area contributed by atoms with Gasteiger partial charge in [0, 0.05) is 11.1 Å². The minimum absolute atomic E-state index is 0.0864. The molecule has 0 aliphatic carbocycles. The monoisotopic (exact) mass is 345 g/mol. The first-order valence-electron chi connectivity index (χ1n) is 7.43. The van der Waals surface area contributed by atoms with E-state index >= 15 is 0 Å². The third-order valence-corrected chi connectivity index (χ3v) is 5.22. The van der Waals surface area contributed by atoms with Gasteiger partial charge in [-0.2, -0.15) is 0 Å². The Bertz CT molecular complexity index is 921. The van der Waals surface area contributed by atoms with Gasteiger partial charge in [0.05, 0.1) is 17.4 Å². The van der Waals surface area contributed by atoms with Gasteiger partial charge < -0.3 is 4.90 Å². The van der Waals surface area contributed by atoms with Gasteiger partial charge in [0.25, 0.3) is 5.91 Å². The molecular formula is C18H16FNO3S. The Balaban J connectivity index is 2.07. The smallest absolute Gasteiger partial charge is 0.261 e. The lowest BCUT2D eigenvalue weighted by molar-refractivity contribution is 0.0979. The molecule has 0 bridgehead atoms. The van der Waals surface area contributed by atoms with E-state index in [-0.39, 0.29) is 11.3 Å². The first kappa shape index (κ1) is 16.4. The Morgan fingerprint density at radius 3 is 2.54 bits per heavy atom. The maximum Gasteiger partial charge on any atom is 0.261 e. The lowest BCUT2D eigenvalue weighted by atomic mass is 10.1. The Hall–Kier alpha value is -2.47. The normalized spacial score (nSPS) is 18.5.